The zero-order valence-corrected chi connectivity index (χ0v) is 16.1. The third-order valence-corrected chi connectivity index (χ3v) is 9.35. The first-order valence-corrected chi connectivity index (χ1v) is 10.5. The first kappa shape index (κ1) is 20.9. The molecule has 1 aliphatic heterocycles. The lowest BCUT2D eigenvalue weighted by atomic mass is 10.1. The summed E-state index contributed by atoms with van der Waals surface area (Å²) in [7, 11) is -6.79. The van der Waals surface area contributed by atoms with Gasteiger partial charge in [0.1, 0.15) is 0 Å². The lowest BCUT2D eigenvalue weighted by Crippen LogP contribution is -2.38. The fourth-order valence-corrected chi connectivity index (χ4v) is 6.41. The minimum atomic E-state index is -4.93. The number of carbonyl (C=O) groups excluding carboxylic acids is 2. The molecule has 2 N–H and O–H groups in total. The number of carbonyl (C=O) groups is 2. The van der Waals surface area contributed by atoms with Gasteiger partial charge in [0, 0.05) is 34.3 Å². The highest BCUT2D eigenvalue weighted by Gasteiger charge is 2.62. The van der Waals surface area contributed by atoms with Crippen LogP contribution in [0.5, 0.6) is 0 Å². The van der Waals surface area contributed by atoms with Crippen molar-refractivity contribution in [2.75, 3.05) is 27.9 Å². The van der Waals surface area contributed by atoms with Gasteiger partial charge in [-0.05, 0) is 12.1 Å². The SMILES string of the molecule is COP(=O)(O)C(O)(CCN1C(=O)c2ccccc2C1=O)P(=O)(OC)OC. The van der Waals surface area contributed by atoms with Crippen LogP contribution < -0.4 is 0 Å². The molecule has 12 heteroatoms. The van der Waals surface area contributed by atoms with Crippen molar-refractivity contribution in [1.82, 2.24) is 4.90 Å². The molecule has 2 rings (SSSR count). The second kappa shape index (κ2) is 7.32. The van der Waals surface area contributed by atoms with Crippen LogP contribution in [0.25, 0.3) is 0 Å². The van der Waals surface area contributed by atoms with E-state index in [9.17, 15) is 28.7 Å². The lowest BCUT2D eigenvalue weighted by Gasteiger charge is -2.35. The number of fused-ring (bicyclic) bond motifs is 1. The lowest BCUT2D eigenvalue weighted by molar-refractivity contribution is 0.0587. The molecule has 0 aromatic heterocycles. The van der Waals surface area contributed by atoms with E-state index in [1.54, 1.807) is 12.1 Å². The Bertz CT molecular complexity index is 783. The quantitative estimate of drug-likeness (QED) is 0.486. The van der Waals surface area contributed by atoms with Gasteiger partial charge in [-0.2, -0.15) is 0 Å². The van der Waals surface area contributed by atoms with Crippen molar-refractivity contribution < 1.29 is 42.3 Å². The van der Waals surface area contributed by atoms with Crippen molar-refractivity contribution in [2.45, 2.75) is 11.5 Å². The fraction of sp³-hybridized carbons (Fsp3) is 0.429. The zero-order chi connectivity index (χ0) is 19.8. The van der Waals surface area contributed by atoms with Crippen molar-refractivity contribution in [1.29, 1.82) is 0 Å². The predicted molar refractivity (Wildman–Crippen MR) is 89.8 cm³/mol. The van der Waals surface area contributed by atoms with Crippen LogP contribution in [-0.2, 0) is 22.7 Å². The van der Waals surface area contributed by atoms with Gasteiger partial charge in [-0.15, -0.1) is 0 Å². The number of rotatable bonds is 8. The Kier molecular flexibility index (Phi) is 5.90. The average Bonchev–Trinajstić information content (AvgIpc) is 2.89. The molecule has 2 amide bonds. The molecule has 2 atom stereocenters. The van der Waals surface area contributed by atoms with Gasteiger partial charge in [0.25, 0.3) is 16.9 Å². The van der Waals surface area contributed by atoms with Crippen molar-refractivity contribution in [2.24, 2.45) is 0 Å². The molecule has 1 heterocycles. The molecule has 0 radical (unpaired) electrons. The van der Waals surface area contributed by atoms with E-state index in [4.69, 9.17) is 0 Å². The summed E-state index contributed by atoms with van der Waals surface area (Å²) in [5.41, 5.74) is 0.336. The van der Waals surface area contributed by atoms with E-state index in [1.165, 1.54) is 12.1 Å². The second-order valence-corrected chi connectivity index (χ2v) is 10.4. The molecule has 0 spiro atoms. The molecule has 2 unspecified atom stereocenters. The molecule has 0 bridgehead atoms. The maximum absolute atomic E-state index is 12.7. The normalized spacial score (nSPS) is 19.2. The Morgan fingerprint density at radius 2 is 1.46 bits per heavy atom. The van der Waals surface area contributed by atoms with Gasteiger partial charge >= 0.3 is 15.2 Å². The van der Waals surface area contributed by atoms with Gasteiger partial charge in [0.05, 0.1) is 11.1 Å². The Hall–Kier alpha value is -1.38. The number of imide groups is 1. The number of aliphatic hydroxyl groups is 1. The number of amides is 2. The van der Waals surface area contributed by atoms with Gasteiger partial charge in [0.15, 0.2) is 0 Å². The van der Waals surface area contributed by atoms with E-state index in [0.717, 1.165) is 26.2 Å². The average molecular weight is 407 g/mol. The van der Waals surface area contributed by atoms with Crippen molar-refractivity contribution in [3.8, 4) is 0 Å². The number of hydrogen-bond acceptors (Lipinski definition) is 8. The molecule has 144 valence electrons. The molecule has 1 aromatic rings. The Labute approximate surface area is 149 Å². The molecule has 0 saturated carbocycles. The van der Waals surface area contributed by atoms with E-state index in [2.05, 4.69) is 13.6 Å². The van der Waals surface area contributed by atoms with Crippen molar-refractivity contribution in [3.63, 3.8) is 0 Å². The Morgan fingerprint density at radius 1 is 1.00 bits per heavy atom. The van der Waals surface area contributed by atoms with E-state index in [0.29, 0.717) is 0 Å². The van der Waals surface area contributed by atoms with Gasteiger partial charge in [-0.1, -0.05) is 12.1 Å². The molecule has 10 nitrogen and oxygen atoms in total. The van der Waals surface area contributed by atoms with E-state index in [-0.39, 0.29) is 11.1 Å². The van der Waals surface area contributed by atoms with Crippen LogP contribution in [-0.4, -0.2) is 59.7 Å². The molecule has 0 saturated heterocycles. The highest BCUT2D eigenvalue weighted by atomic mass is 31.2. The highest BCUT2D eigenvalue weighted by molar-refractivity contribution is 7.73. The van der Waals surface area contributed by atoms with Gasteiger partial charge in [-0.3, -0.25) is 23.6 Å². The van der Waals surface area contributed by atoms with Crippen LogP contribution in [0.3, 0.4) is 0 Å². The molecule has 26 heavy (non-hydrogen) atoms. The highest BCUT2D eigenvalue weighted by Crippen LogP contribution is 2.75. The Balaban J connectivity index is 2.35. The molecule has 1 aromatic carbocycles. The smallest absolute Gasteiger partial charge is 0.367 e. The van der Waals surface area contributed by atoms with Crippen LogP contribution in [0.4, 0.5) is 0 Å². The predicted octanol–water partition coefficient (Wildman–Crippen LogP) is 1.64. The maximum Gasteiger partial charge on any atom is 0.374 e. The van der Waals surface area contributed by atoms with Crippen LogP contribution in [0.1, 0.15) is 27.1 Å². The maximum atomic E-state index is 12.7. The number of nitrogens with zero attached hydrogens (tertiary/aromatic N) is 1. The van der Waals surface area contributed by atoms with Crippen LogP contribution >= 0.6 is 15.2 Å². The third kappa shape index (κ3) is 3.08. The minimum Gasteiger partial charge on any atom is -0.367 e. The van der Waals surface area contributed by atoms with Gasteiger partial charge in [0.2, 0.25) is 0 Å². The summed E-state index contributed by atoms with van der Waals surface area (Å²) in [5.74, 6) is -1.27. The van der Waals surface area contributed by atoms with Crippen LogP contribution in [0.2, 0.25) is 0 Å². The molecular weight excluding hydrogens is 388 g/mol. The summed E-state index contributed by atoms with van der Waals surface area (Å²) in [4.78, 5) is 35.5. The molecule has 0 aliphatic carbocycles. The molecule has 1 aliphatic rings. The topological polar surface area (TPSA) is 140 Å². The minimum absolute atomic E-state index is 0.168. The monoisotopic (exact) mass is 407 g/mol. The van der Waals surface area contributed by atoms with Crippen LogP contribution in [0.15, 0.2) is 24.3 Å². The Morgan fingerprint density at radius 3 is 1.85 bits per heavy atom. The van der Waals surface area contributed by atoms with Gasteiger partial charge in [-0.25, -0.2) is 0 Å². The summed E-state index contributed by atoms with van der Waals surface area (Å²) in [6, 6.07) is 6.09. The van der Waals surface area contributed by atoms with Crippen molar-refractivity contribution in [3.05, 3.63) is 35.4 Å². The summed E-state index contributed by atoms with van der Waals surface area (Å²) < 4.78 is 38.7. The zero-order valence-electron chi connectivity index (χ0n) is 14.3. The summed E-state index contributed by atoms with van der Waals surface area (Å²) in [5, 5.41) is 7.73. The van der Waals surface area contributed by atoms with Gasteiger partial charge < -0.3 is 23.6 Å². The largest absolute Gasteiger partial charge is 0.374 e. The molecular formula is C14H19NO9P2. The molecule has 0 fully saturated rings. The first-order chi connectivity index (χ1) is 12.1. The van der Waals surface area contributed by atoms with E-state index >= 15 is 0 Å². The summed E-state index contributed by atoms with van der Waals surface area (Å²) in [6.07, 6.45) is -0.765. The number of hydrogen-bond donors (Lipinski definition) is 2. The number of benzene rings is 1. The van der Waals surface area contributed by atoms with Crippen LogP contribution in [0, 0.1) is 0 Å². The van der Waals surface area contributed by atoms with Crippen molar-refractivity contribution >= 4 is 27.0 Å². The summed E-state index contributed by atoms with van der Waals surface area (Å²) >= 11 is 0. The third-order valence-electron chi connectivity index (χ3n) is 4.17. The first-order valence-electron chi connectivity index (χ1n) is 7.36. The second-order valence-electron chi connectivity index (χ2n) is 5.40. The van der Waals surface area contributed by atoms with E-state index in [1.807, 2.05) is 0 Å². The van der Waals surface area contributed by atoms with E-state index < -0.39 is 45.1 Å². The fourth-order valence-electron chi connectivity index (χ4n) is 2.65. The summed E-state index contributed by atoms with van der Waals surface area (Å²) in [6.45, 7) is -0.506. The standard InChI is InChI=1S/C14H19NO9P2/c1-22-25(19,20)14(18,26(21,23-2)24-3)8-9-15-12(16)10-6-4-5-7-11(10)13(15)17/h4-7,18H,8-9H2,1-3H3,(H,19,20).